The molecule has 88 valence electrons. The maximum absolute atomic E-state index is 12.9. The Kier molecular flexibility index (Phi) is 3.34. The monoisotopic (exact) mass is 254 g/mol. The number of carbonyl (C=O) groups excluding carboxylic acids is 1. The molecule has 0 unspecified atom stereocenters. The number of halogens is 2. The third kappa shape index (κ3) is 3.01. The quantitative estimate of drug-likeness (QED) is 0.907. The van der Waals surface area contributed by atoms with E-state index in [0.717, 1.165) is 0 Å². The SMILES string of the molecule is O=C(Cn1cncn1)Nc1ccc(F)c(Cl)c1. The number of nitrogens with one attached hydrogen (secondary N) is 1. The predicted molar refractivity (Wildman–Crippen MR) is 60.1 cm³/mol. The van der Waals surface area contributed by atoms with E-state index in [-0.39, 0.29) is 17.5 Å². The second kappa shape index (κ2) is 4.92. The summed E-state index contributed by atoms with van der Waals surface area (Å²) >= 11 is 5.59. The summed E-state index contributed by atoms with van der Waals surface area (Å²) in [4.78, 5) is 15.2. The van der Waals surface area contributed by atoms with Crippen molar-refractivity contribution < 1.29 is 9.18 Å². The average molecular weight is 255 g/mol. The van der Waals surface area contributed by atoms with E-state index in [0.29, 0.717) is 5.69 Å². The third-order valence-electron chi connectivity index (χ3n) is 1.98. The third-order valence-corrected chi connectivity index (χ3v) is 2.27. The number of nitrogens with zero attached hydrogens (tertiary/aromatic N) is 3. The van der Waals surface area contributed by atoms with Crippen LogP contribution in [0.15, 0.2) is 30.9 Å². The molecule has 2 aromatic rings. The fourth-order valence-electron chi connectivity index (χ4n) is 1.24. The van der Waals surface area contributed by atoms with Crippen molar-refractivity contribution in [2.75, 3.05) is 5.32 Å². The molecule has 1 aromatic heterocycles. The molecule has 0 saturated heterocycles. The van der Waals surface area contributed by atoms with Crippen LogP contribution < -0.4 is 5.32 Å². The van der Waals surface area contributed by atoms with Crippen LogP contribution in [0, 0.1) is 5.82 Å². The van der Waals surface area contributed by atoms with Crippen LogP contribution in [0.2, 0.25) is 5.02 Å². The first-order chi connectivity index (χ1) is 8.15. The van der Waals surface area contributed by atoms with Crippen molar-refractivity contribution in [3.63, 3.8) is 0 Å². The number of carbonyl (C=O) groups is 1. The molecule has 2 rings (SSSR count). The van der Waals surface area contributed by atoms with E-state index in [1.807, 2.05) is 0 Å². The van der Waals surface area contributed by atoms with Crippen LogP contribution >= 0.6 is 11.6 Å². The molecule has 1 N–H and O–H groups in total. The van der Waals surface area contributed by atoms with Crippen LogP contribution in [0.1, 0.15) is 0 Å². The summed E-state index contributed by atoms with van der Waals surface area (Å²) in [5.74, 6) is -0.820. The van der Waals surface area contributed by atoms with Gasteiger partial charge in [0.05, 0.1) is 5.02 Å². The Labute approximate surface area is 101 Å². The molecule has 0 spiro atoms. The molecule has 0 atom stereocenters. The van der Waals surface area contributed by atoms with E-state index in [2.05, 4.69) is 15.4 Å². The van der Waals surface area contributed by atoms with Gasteiger partial charge in [0.2, 0.25) is 5.91 Å². The Bertz CT molecular complexity index is 529. The van der Waals surface area contributed by atoms with Crippen molar-refractivity contribution in [1.82, 2.24) is 14.8 Å². The smallest absolute Gasteiger partial charge is 0.246 e. The Balaban J connectivity index is 2.00. The van der Waals surface area contributed by atoms with Gasteiger partial charge in [0.1, 0.15) is 25.0 Å². The molecule has 7 heteroatoms. The Morgan fingerprint density at radius 1 is 1.53 bits per heavy atom. The zero-order valence-electron chi connectivity index (χ0n) is 8.60. The van der Waals surface area contributed by atoms with E-state index in [9.17, 15) is 9.18 Å². The summed E-state index contributed by atoms with van der Waals surface area (Å²) in [5, 5.41) is 6.32. The zero-order chi connectivity index (χ0) is 12.3. The number of benzene rings is 1. The van der Waals surface area contributed by atoms with Crippen molar-refractivity contribution in [2.24, 2.45) is 0 Å². The lowest BCUT2D eigenvalue weighted by Gasteiger charge is -2.05. The molecule has 0 bridgehead atoms. The van der Waals surface area contributed by atoms with E-state index < -0.39 is 5.82 Å². The summed E-state index contributed by atoms with van der Waals surface area (Å²) < 4.78 is 14.2. The molecule has 0 saturated carbocycles. The molecule has 1 aromatic carbocycles. The summed E-state index contributed by atoms with van der Waals surface area (Å²) in [6.45, 7) is 0.0367. The van der Waals surface area contributed by atoms with Gasteiger partial charge in [-0.2, -0.15) is 5.10 Å². The zero-order valence-corrected chi connectivity index (χ0v) is 9.36. The number of amides is 1. The van der Waals surface area contributed by atoms with Crippen molar-refractivity contribution >= 4 is 23.2 Å². The Morgan fingerprint density at radius 2 is 2.35 bits per heavy atom. The van der Waals surface area contributed by atoms with Gasteiger partial charge in [-0.1, -0.05) is 11.6 Å². The van der Waals surface area contributed by atoms with Crippen molar-refractivity contribution in [2.45, 2.75) is 6.54 Å². The molecule has 0 aliphatic carbocycles. The second-order valence-electron chi connectivity index (χ2n) is 3.27. The van der Waals surface area contributed by atoms with Gasteiger partial charge < -0.3 is 5.32 Å². The van der Waals surface area contributed by atoms with Crippen molar-refractivity contribution in [3.8, 4) is 0 Å². The molecular formula is C10H8ClFN4O. The van der Waals surface area contributed by atoms with Crippen LogP contribution in [0.3, 0.4) is 0 Å². The minimum absolute atomic E-state index is 0.0367. The highest BCUT2D eigenvalue weighted by Gasteiger charge is 2.06. The Morgan fingerprint density at radius 3 is 3.00 bits per heavy atom. The average Bonchev–Trinajstić information content (AvgIpc) is 2.76. The predicted octanol–water partition coefficient (Wildman–Crippen LogP) is 1.71. The van der Waals surface area contributed by atoms with Gasteiger partial charge in [0.15, 0.2) is 0 Å². The lowest BCUT2D eigenvalue weighted by atomic mass is 10.3. The van der Waals surface area contributed by atoms with Crippen molar-refractivity contribution in [1.29, 1.82) is 0 Å². The van der Waals surface area contributed by atoms with Crippen LogP contribution in [0.5, 0.6) is 0 Å². The van der Waals surface area contributed by atoms with Gasteiger partial charge in [-0.05, 0) is 18.2 Å². The van der Waals surface area contributed by atoms with E-state index in [1.165, 1.54) is 35.5 Å². The van der Waals surface area contributed by atoms with Crippen LogP contribution in [0.4, 0.5) is 10.1 Å². The summed E-state index contributed by atoms with van der Waals surface area (Å²) in [6.07, 6.45) is 2.76. The molecular weight excluding hydrogens is 247 g/mol. The highest BCUT2D eigenvalue weighted by Crippen LogP contribution is 2.19. The maximum Gasteiger partial charge on any atom is 0.246 e. The standard InChI is InChI=1S/C10H8ClFN4O/c11-8-3-7(1-2-9(8)12)15-10(17)4-16-6-13-5-14-16/h1-3,5-6H,4H2,(H,15,17). The summed E-state index contributed by atoms with van der Waals surface area (Å²) in [7, 11) is 0. The lowest BCUT2D eigenvalue weighted by molar-refractivity contribution is -0.116. The van der Waals surface area contributed by atoms with Gasteiger partial charge >= 0.3 is 0 Å². The minimum atomic E-state index is -0.527. The fraction of sp³-hybridized carbons (Fsp3) is 0.100. The highest BCUT2D eigenvalue weighted by atomic mass is 35.5. The molecule has 17 heavy (non-hydrogen) atoms. The van der Waals surface area contributed by atoms with Crippen LogP contribution in [-0.2, 0) is 11.3 Å². The minimum Gasteiger partial charge on any atom is -0.324 e. The molecule has 0 aliphatic rings. The van der Waals surface area contributed by atoms with E-state index >= 15 is 0 Å². The van der Waals surface area contributed by atoms with Gasteiger partial charge in [-0.3, -0.25) is 4.79 Å². The highest BCUT2D eigenvalue weighted by molar-refractivity contribution is 6.31. The number of anilines is 1. The second-order valence-corrected chi connectivity index (χ2v) is 3.68. The molecule has 0 fully saturated rings. The number of hydrogen-bond donors (Lipinski definition) is 1. The fourth-order valence-corrected chi connectivity index (χ4v) is 1.42. The van der Waals surface area contributed by atoms with Crippen molar-refractivity contribution in [3.05, 3.63) is 41.7 Å². The van der Waals surface area contributed by atoms with E-state index in [1.54, 1.807) is 0 Å². The van der Waals surface area contributed by atoms with Gasteiger partial charge in [-0.15, -0.1) is 0 Å². The maximum atomic E-state index is 12.9. The molecule has 1 amide bonds. The first-order valence-corrected chi connectivity index (χ1v) is 5.10. The van der Waals surface area contributed by atoms with Gasteiger partial charge in [-0.25, -0.2) is 14.1 Å². The first-order valence-electron chi connectivity index (χ1n) is 4.72. The summed E-state index contributed by atoms with van der Waals surface area (Å²) in [5.41, 5.74) is 0.432. The lowest BCUT2D eigenvalue weighted by Crippen LogP contribution is -2.19. The summed E-state index contributed by atoms with van der Waals surface area (Å²) in [6, 6.07) is 3.96. The molecule has 1 heterocycles. The van der Waals surface area contributed by atoms with E-state index in [4.69, 9.17) is 11.6 Å². The Hall–Kier alpha value is -1.95. The normalized spacial score (nSPS) is 10.2. The molecule has 0 radical (unpaired) electrons. The first kappa shape index (κ1) is 11.5. The number of rotatable bonds is 3. The van der Waals surface area contributed by atoms with Gasteiger partial charge in [0, 0.05) is 5.69 Å². The number of hydrogen-bond acceptors (Lipinski definition) is 3. The largest absolute Gasteiger partial charge is 0.324 e. The van der Waals surface area contributed by atoms with Gasteiger partial charge in [0.25, 0.3) is 0 Å². The van der Waals surface area contributed by atoms with Crippen LogP contribution in [-0.4, -0.2) is 20.7 Å². The van der Waals surface area contributed by atoms with Crippen LogP contribution in [0.25, 0.3) is 0 Å². The molecule has 0 aliphatic heterocycles. The number of aromatic nitrogens is 3. The molecule has 5 nitrogen and oxygen atoms in total. The topological polar surface area (TPSA) is 59.8 Å².